The van der Waals surface area contributed by atoms with E-state index in [2.05, 4.69) is 4.90 Å². The van der Waals surface area contributed by atoms with Gasteiger partial charge in [-0.3, -0.25) is 4.90 Å². The molecule has 1 aliphatic rings. The maximum absolute atomic E-state index is 11.2. The summed E-state index contributed by atoms with van der Waals surface area (Å²) in [5, 5.41) is 12.1. The van der Waals surface area contributed by atoms with Gasteiger partial charge in [-0.2, -0.15) is 0 Å². The maximum atomic E-state index is 11.2. The number of nitrogens with zero attached hydrogens (tertiary/aromatic N) is 1. The molecule has 6 heteroatoms. The average molecular weight is 303 g/mol. The van der Waals surface area contributed by atoms with Gasteiger partial charge in [-0.15, -0.1) is 11.3 Å². The number of aliphatic hydroxyl groups excluding tert-OH is 1. The number of sulfone groups is 1. The van der Waals surface area contributed by atoms with E-state index in [-0.39, 0.29) is 5.75 Å². The Bertz CT molecular complexity index is 484. The van der Waals surface area contributed by atoms with Crippen LogP contribution in [0.25, 0.3) is 0 Å². The second kappa shape index (κ2) is 6.35. The highest BCUT2D eigenvalue weighted by molar-refractivity contribution is 7.90. The van der Waals surface area contributed by atoms with Crippen molar-refractivity contribution in [2.75, 3.05) is 25.1 Å². The van der Waals surface area contributed by atoms with Gasteiger partial charge >= 0.3 is 0 Å². The first kappa shape index (κ1) is 15.0. The van der Waals surface area contributed by atoms with Crippen LogP contribution in [0.4, 0.5) is 0 Å². The molecule has 19 heavy (non-hydrogen) atoms. The van der Waals surface area contributed by atoms with Crippen LogP contribution < -0.4 is 0 Å². The smallest absolute Gasteiger partial charge is 0.148 e. The third kappa shape index (κ3) is 4.56. The largest absolute Gasteiger partial charge is 0.388 e. The van der Waals surface area contributed by atoms with Gasteiger partial charge in [0.15, 0.2) is 0 Å². The predicted octanol–water partition coefficient (Wildman–Crippen LogP) is 1.68. The third-order valence-electron chi connectivity index (χ3n) is 3.62. The van der Waals surface area contributed by atoms with Crippen molar-refractivity contribution in [2.45, 2.75) is 31.4 Å². The van der Waals surface area contributed by atoms with Crippen molar-refractivity contribution in [3.63, 3.8) is 0 Å². The minimum atomic E-state index is -2.91. The van der Waals surface area contributed by atoms with Crippen LogP contribution in [0.15, 0.2) is 17.5 Å². The number of hydrogen-bond acceptors (Lipinski definition) is 5. The molecule has 0 aromatic carbocycles. The van der Waals surface area contributed by atoms with Crippen molar-refractivity contribution in [1.82, 2.24) is 4.90 Å². The molecule has 2 heterocycles. The van der Waals surface area contributed by atoms with Crippen molar-refractivity contribution in [3.05, 3.63) is 22.4 Å². The zero-order chi connectivity index (χ0) is 13.9. The molecule has 2 unspecified atom stereocenters. The molecular weight excluding hydrogens is 282 g/mol. The topological polar surface area (TPSA) is 57.6 Å². The molecule has 1 saturated heterocycles. The van der Waals surface area contributed by atoms with Crippen molar-refractivity contribution in [1.29, 1.82) is 0 Å². The molecule has 2 rings (SSSR count). The molecule has 1 aromatic heterocycles. The zero-order valence-corrected chi connectivity index (χ0v) is 12.8. The molecule has 2 atom stereocenters. The number of aliphatic hydroxyl groups is 1. The molecule has 0 spiro atoms. The lowest BCUT2D eigenvalue weighted by Crippen LogP contribution is -2.34. The zero-order valence-electron chi connectivity index (χ0n) is 11.2. The van der Waals surface area contributed by atoms with Gasteiger partial charge in [-0.05, 0) is 37.3 Å². The lowest BCUT2D eigenvalue weighted by Gasteiger charge is -2.25. The summed E-state index contributed by atoms with van der Waals surface area (Å²) in [5.41, 5.74) is 0. The molecule has 4 nitrogen and oxygen atoms in total. The summed E-state index contributed by atoms with van der Waals surface area (Å²) in [6.07, 6.45) is 3.68. The second-order valence-electron chi connectivity index (χ2n) is 5.23. The normalized spacial score (nSPS) is 22.7. The second-order valence-corrected chi connectivity index (χ2v) is 8.47. The number of likely N-dealkylation sites (tertiary alicyclic amines) is 1. The Morgan fingerprint density at radius 1 is 1.58 bits per heavy atom. The lowest BCUT2D eigenvalue weighted by molar-refractivity contribution is 0.126. The monoisotopic (exact) mass is 303 g/mol. The SMILES string of the molecule is CS(=O)(=O)CCN1CCCC1CC(O)c1cccs1. The molecule has 0 bridgehead atoms. The van der Waals surface area contributed by atoms with Gasteiger partial charge in [0.1, 0.15) is 9.84 Å². The van der Waals surface area contributed by atoms with E-state index in [1.807, 2.05) is 17.5 Å². The fourth-order valence-electron chi connectivity index (χ4n) is 2.59. The van der Waals surface area contributed by atoms with Crippen LogP contribution >= 0.6 is 11.3 Å². The van der Waals surface area contributed by atoms with Crippen LogP contribution in [-0.4, -0.2) is 49.6 Å². The maximum Gasteiger partial charge on any atom is 0.148 e. The molecule has 108 valence electrons. The molecule has 1 aliphatic heterocycles. The highest BCUT2D eigenvalue weighted by Crippen LogP contribution is 2.29. The quantitative estimate of drug-likeness (QED) is 0.869. The van der Waals surface area contributed by atoms with E-state index in [0.29, 0.717) is 19.0 Å². The van der Waals surface area contributed by atoms with E-state index < -0.39 is 15.9 Å². The molecule has 0 aliphatic carbocycles. The van der Waals surface area contributed by atoms with E-state index in [1.165, 1.54) is 6.26 Å². The Hall–Kier alpha value is -0.430. The van der Waals surface area contributed by atoms with Crippen LogP contribution in [0.2, 0.25) is 0 Å². The fraction of sp³-hybridized carbons (Fsp3) is 0.692. The van der Waals surface area contributed by atoms with E-state index in [9.17, 15) is 13.5 Å². The fourth-order valence-corrected chi connectivity index (χ4v) is 3.89. The van der Waals surface area contributed by atoms with Crippen LogP contribution in [0.3, 0.4) is 0 Å². The van der Waals surface area contributed by atoms with Crippen molar-refractivity contribution in [2.24, 2.45) is 0 Å². The first-order chi connectivity index (χ1) is 8.96. The van der Waals surface area contributed by atoms with Crippen LogP contribution in [-0.2, 0) is 9.84 Å². The van der Waals surface area contributed by atoms with E-state index in [0.717, 1.165) is 24.3 Å². The van der Waals surface area contributed by atoms with Crippen LogP contribution in [0, 0.1) is 0 Å². The Morgan fingerprint density at radius 2 is 2.37 bits per heavy atom. The first-order valence-corrected chi connectivity index (χ1v) is 9.53. The summed E-state index contributed by atoms with van der Waals surface area (Å²) < 4.78 is 22.5. The minimum Gasteiger partial charge on any atom is -0.388 e. The Kier molecular flexibility index (Phi) is 5.00. The number of hydrogen-bond donors (Lipinski definition) is 1. The number of thiophene rings is 1. The third-order valence-corrected chi connectivity index (χ3v) is 5.51. The van der Waals surface area contributed by atoms with Gasteiger partial charge in [0.2, 0.25) is 0 Å². The van der Waals surface area contributed by atoms with E-state index >= 15 is 0 Å². The molecule has 1 N–H and O–H groups in total. The summed E-state index contributed by atoms with van der Waals surface area (Å²) in [4.78, 5) is 3.20. The summed E-state index contributed by atoms with van der Waals surface area (Å²) in [7, 11) is -2.91. The molecule has 1 fully saturated rings. The van der Waals surface area contributed by atoms with Gasteiger partial charge in [0.05, 0.1) is 11.9 Å². The molecular formula is C13H21NO3S2. The van der Waals surface area contributed by atoms with Gasteiger partial charge in [0, 0.05) is 23.7 Å². The van der Waals surface area contributed by atoms with E-state index in [4.69, 9.17) is 0 Å². The minimum absolute atomic E-state index is 0.207. The first-order valence-electron chi connectivity index (χ1n) is 6.59. The van der Waals surface area contributed by atoms with Crippen molar-refractivity contribution >= 4 is 21.2 Å². The highest BCUT2D eigenvalue weighted by Gasteiger charge is 2.27. The summed E-state index contributed by atoms with van der Waals surface area (Å²) in [6, 6.07) is 4.20. The van der Waals surface area contributed by atoms with Gasteiger partial charge in [0.25, 0.3) is 0 Å². The standard InChI is InChI=1S/C13H21NO3S2/c1-19(16,17)9-7-14-6-2-4-11(14)10-12(15)13-5-3-8-18-13/h3,5,8,11-12,15H,2,4,6-7,9-10H2,1H3. The number of rotatable bonds is 6. The van der Waals surface area contributed by atoms with Gasteiger partial charge in [-0.1, -0.05) is 6.07 Å². The Labute approximate surface area is 119 Å². The summed E-state index contributed by atoms with van der Waals surface area (Å²) in [6.45, 7) is 1.53. The van der Waals surface area contributed by atoms with Crippen molar-refractivity contribution < 1.29 is 13.5 Å². The summed E-state index contributed by atoms with van der Waals surface area (Å²) >= 11 is 1.57. The van der Waals surface area contributed by atoms with Crippen LogP contribution in [0.1, 0.15) is 30.2 Å². The molecule has 0 saturated carbocycles. The highest BCUT2D eigenvalue weighted by atomic mass is 32.2. The van der Waals surface area contributed by atoms with E-state index in [1.54, 1.807) is 11.3 Å². The molecule has 0 radical (unpaired) electrons. The predicted molar refractivity (Wildman–Crippen MR) is 78.2 cm³/mol. The Balaban J connectivity index is 1.88. The Morgan fingerprint density at radius 3 is 3.00 bits per heavy atom. The van der Waals surface area contributed by atoms with Crippen molar-refractivity contribution in [3.8, 4) is 0 Å². The van der Waals surface area contributed by atoms with Gasteiger partial charge < -0.3 is 5.11 Å². The van der Waals surface area contributed by atoms with Crippen LogP contribution in [0.5, 0.6) is 0 Å². The van der Waals surface area contributed by atoms with Gasteiger partial charge in [-0.25, -0.2) is 8.42 Å². The molecule has 0 amide bonds. The lowest BCUT2D eigenvalue weighted by atomic mass is 10.1. The molecule has 1 aromatic rings. The average Bonchev–Trinajstić information content (AvgIpc) is 2.96. The summed E-state index contributed by atoms with van der Waals surface area (Å²) in [5.74, 6) is 0.207.